The maximum absolute atomic E-state index is 5.67. The van der Waals surface area contributed by atoms with Crippen LogP contribution in [0.3, 0.4) is 0 Å². The fourth-order valence-corrected chi connectivity index (χ4v) is 2.13. The molecule has 0 radical (unpaired) electrons. The smallest absolute Gasteiger partial charge is 0.0723 e. The third-order valence-electron chi connectivity index (χ3n) is 3.09. The highest BCUT2D eigenvalue weighted by Crippen LogP contribution is 2.22. The molecule has 1 aromatic rings. The van der Waals surface area contributed by atoms with Gasteiger partial charge in [0.1, 0.15) is 0 Å². The molecule has 3 heteroatoms. The minimum Gasteiger partial charge on any atom is -0.375 e. The molecule has 0 saturated carbocycles. The summed E-state index contributed by atoms with van der Waals surface area (Å²) in [5, 5.41) is 0. The molecule has 1 aliphatic rings. The van der Waals surface area contributed by atoms with Crippen LogP contribution in [0, 0.1) is 0 Å². The summed E-state index contributed by atoms with van der Waals surface area (Å²) in [5.41, 5.74) is 8.11. The molecule has 1 heterocycles. The van der Waals surface area contributed by atoms with E-state index < -0.39 is 0 Å². The monoisotopic (exact) mass is 220 g/mol. The standard InChI is InChI=1S/C13H20N2O/c1-10-9-16-11(2)8-15(10)13-5-3-4-12(6-13)7-14/h3-6,10-11H,7-9,14H2,1-2H3. The molecule has 2 unspecified atom stereocenters. The highest BCUT2D eigenvalue weighted by Gasteiger charge is 2.23. The van der Waals surface area contributed by atoms with Crippen molar-refractivity contribution in [3.05, 3.63) is 29.8 Å². The zero-order valence-electron chi connectivity index (χ0n) is 10.0. The van der Waals surface area contributed by atoms with Crippen LogP contribution in [-0.4, -0.2) is 25.3 Å². The zero-order chi connectivity index (χ0) is 11.5. The van der Waals surface area contributed by atoms with E-state index in [4.69, 9.17) is 10.5 Å². The van der Waals surface area contributed by atoms with Gasteiger partial charge < -0.3 is 15.4 Å². The Bertz CT molecular complexity index is 354. The van der Waals surface area contributed by atoms with Crippen LogP contribution in [-0.2, 0) is 11.3 Å². The average Bonchev–Trinajstić information content (AvgIpc) is 2.32. The molecule has 2 N–H and O–H groups in total. The fourth-order valence-electron chi connectivity index (χ4n) is 2.13. The third-order valence-corrected chi connectivity index (χ3v) is 3.09. The van der Waals surface area contributed by atoms with Crippen molar-refractivity contribution in [2.45, 2.75) is 32.5 Å². The lowest BCUT2D eigenvalue weighted by Crippen LogP contribution is -2.47. The molecule has 0 amide bonds. The van der Waals surface area contributed by atoms with Gasteiger partial charge in [-0.1, -0.05) is 12.1 Å². The molecule has 2 rings (SSSR count). The Morgan fingerprint density at radius 3 is 3.00 bits per heavy atom. The van der Waals surface area contributed by atoms with Gasteiger partial charge in [-0.15, -0.1) is 0 Å². The molecule has 0 aromatic heterocycles. The van der Waals surface area contributed by atoms with Crippen LogP contribution in [0.2, 0.25) is 0 Å². The lowest BCUT2D eigenvalue weighted by molar-refractivity contribution is 0.0344. The molecule has 1 aliphatic heterocycles. The maximum atomic E-state index is 5.67. The largest absolute Gasteiger partial charge is 0.375 e. The number of ether oxygens (including phenoxy) is 1. The lowest BCUT2D eigenvalue weighted by atomic mass is 10.1. The van der Waals surface area contributed by atoms with E-state index in [9.17, 15) is 0 Å². The van der Waals surface area contributed by atoms with Gasteiger partial charge in [-0.3, -0.25) is 0 Å². The Morgan fingerprint density at radius 1 is 1.44 bits per heavy atom. The zero-order valence-corrected chi connectivity index (χ0v) is 10.0. The number of nitrogens with zero attached hydrogens (tertiary/aromatic N) is 1. The van der Waals surface area contributed by atoms with Gasteiger partial charge in [0.25, 0.3) is 0 Å². The van der Waals surface area contributed by atoms with E-state index in [-0.39, 0.29) is 0 Å². The van der Waals surface area contributed by atoms with E-state index in [1.807, 2.05) is 0 Å². The van der Waals surface area contributed by atoms with Crippen LogP contribution in [0.1, 0.15) is 19.4 Å². The highest BCUT2D eigenvalue weighted by molar-refractivity contribution is 5.50. The number of rotatable bonds is 2. The molecule has 0 spiro atoms. The van der Waals surface area contributed by atoms with Crippen molar-refractivity contribution in [1.82, 2.24) is 0 Å². The minimum atomic E-state index is 0.303. The van der Waals surface area contributed by atoms with Gasteiger partial charge in [-0.25, -0.2) is 0 Å². The summed E-state index contributed by atoms with van der Waals surface area (Å²) in [4.78, 5) is 2.40. The van der Waals surface area contributed by atoms with Crippen LogP contribution in [0.5, 0.6) is 0 Å². The van der Waals surface area contributed by atoms with E-state index in [1.165, 1.54) is 11.3 Å². The van der Waals surface area contributed by atoms with Crippen LogP contribution >= 0.6 is 0 Å². The number of hydrogen-bond donors (Lipinski definition) is 1. The summed E-state index contributed by atoms with van der Waals surface area (Å²) >= 11 is 0. The minimum absolute atomic E-state index is 0.303. The van der Waals surface area contributed by atoms with Gasteiger partial charge in [0.15, 0.2) is 0 Å². The molecule has 1 fully saturated rings. The molecular formula is C13H20N2O. The fraction of sp³-hybridized carbons (Fsp3) is 0.538. The van der Waals surface area contributed by atoms with E-state index in [1.54, 1.807) is 0 Å². The van der Waals surface area contributed by atoms with E-state index >= 15 is 0 Å². The normalized spacial score (nSPS) is 25.8. The lowest BCUT2D eigenvalue weighted by Gasteiger charge is -2.38. The SMILES string of the molecule is CC1CN(c2cccc(CN)c2)C(C)CO1. The number of hydrogen-bond acceptors (Lipinski definition) is 3. The van der Waals surface area contributed by atoms with Gasteiger partial charge >= 0.3 is 0 Å². The van der Waals surface area contributed by atoms with E-state index in [0.717, 1.165) is 13.2 Å². The summed E-state index contributed by atoms with van der Waals surface area (Å²) in [6.07, 6.45) is 0.303. The molecule has 0 aliphatic carbocycles. The molecule has 2 atom stereocenters. The molecule has 1 aromatic carbocycles. The maximum Gasteiger partial charge on any atom is 0.0723 e. The van der Waals surface area contributed by atoms with Crippen molar-refractivity contribution in [2.75, 3.05) is 18.1 Å². The molecular weight excluding hydrogens is 200 g/mol. The van der Waals surface area contributed by atoms with E-state index in [0.29, 0.717) is 18.7 Å². The first-order valence-corrected chi connectivity index (χ1v) is 5.88. The second kappa shape index (κ2) is 4.85. The number of anilines is 1. The molecule has 1 saturated heterocycles. The highest BCUT2D eigenvalue weighted by atomic mass is 16.5. The first-order valence-electron chi connectivity index (χ1n) is 5.88. The molecule has 16 heavy (non-hydrogen) atoms. The Balaban J connectivity index is 2.20. The Hall–Kier alpha value is -1.06. The Morgan fingerprint density at radius 2 is 2.25 bits per heavy atom. The first kappa shape index (κ1) is 11.4. The van der Waals surface area contributed by atoms with Gasteiger partial charge in [0.2, 0.25) is 0 Å². The summed E-state index contributed by atoms with van der Waals surface area (Å²) < 4.78 is 5.63. The average molecular weight is 220 g/mol. The molecule has 88 valence electrons. The molecule has 0 bridgehead atoms. The predicted molar refractivity (Wildman–Crippen MR) is 66.6 cm³/mol. The second-order valence-electron chi connectivity index (χ2n) is 4.52. The van der Waals surface area contributed by atoms with Crippen molar-refractivity contribution in [3.63, 3.8) is 0 Å². The quantitative estimate of drug-likeness (QED) is 0.825. The number of nitrogens with two attached hydrogens (primary N) is 1. The Kier molecular flexibility index (Phi) is 3.46. The summed E-state index contributed by atoms with van der Waals surface area (Å²) in [7, 11) is 0. The topological polar surface area (TPSA) is 38.5 Å². The summed E-state index contributed by atoms with van der Waals surface area (Å²) in [6, 6.07) is 8.90. The van der Waals surface area contributed by atoms with Crippen molar-refractivity contribution in [3.8, 4) is 0 Å². The van der Waals surface area contributed by atoms with E-state index in [2.05, 4.69) is 43.0 Å². The molecule has 3 nitrogen and oxygen atoms in total. The van der Waals surface area contributed by atoms with Crippen LogP contribution in [0.15, 0.2) is 24.3 Å². The number of morpholine rings is 1. The first-order chi connectivity index (χ1) is 7.70. The van der Waals surface area contributed by atoms with Crippen LogP contribution < -0.4 is 10.6 Å². The number of benzene rings is 1. The summed E-state index contributed by atoms with van der Waals surface area (Å²) in [5.74, 6) is 0. The van der Waals surface area contributed by atoms with Crippen molar-refractivity contribution in [2.24, 2.45) is 5.73 Å². The van der Waals surface area contributed by atoms with Crippen LogP contribution in [0.25, 0.3) is 0 Å². The van der Waals surface area contributed by atoms with Gasteiger partial charge in [-0.2, -0.15) is 0 Å². The van der Waals surface area contributed by atoms with Crippen LogP contribution in [0.4, 0.5) is 5.69 Å². The second-order valence-corrected chi connectivity index (χ2v) is 4.52. The Labute approximate surface area is 97.2 Å². The predicted octanol–water partition coefficient (Wildman–Crippen LogP) is 1.76. The van der Waals surface area contributed by atoms with Gasteiger partial charge in [0, 0.05) is 24.8 Å². The van der Waals surface area contributed by atoms with Gasteiger partial charge in [0.05, 0.1) is 12.7 Å². The summed E-state index contributed by atoms with van der Waals surface area (Å²) in [6.45, 7) is 6.66. The third kappa shape index (κ3) is 2.36. The van der Waals surface area contributed by atoms with Crippen molar-refractivity contribution >= 4 is 5.69 Å². The van der Waals surface area contributed by atoms with Crippen molar-refractivity contribution in [1.29, 1.82) is 0 Å². The van der Waals surface area contributed by atoms with Crippen molar-refractivity contribution < 1.29 is 4.74 Å². The van der Waals surface area contributed by atoms with Gasteiger partial charge in [-0.05, 0) is 31.5 Å².